The van der Waals surface area contributed by atoms with Gasteiger partial charge in [0, 0.05) is 30.6 Å². The summed E-state index contributed by atoms with van der Waals surface area (Å²) in [6.45, 7) is 3.45. The van der Waals surface area contributed by atoms with E-state index in [9.17, 15) is 9.90 Å². The van der Waals surface area contributed by atoms with Crippen molar-refractivity contribution in [3.8, 4) is 0 Å². The molecule has 3 N–H and O–H groups in total. The first-order valence-electron chi connectivity index (χ1n) is 10.2. The predicted molar refractivity (Wildman–Crippen MR) is 104 cm³/mol. The van der Waals surface area contributed by atoms with Crippen LogP contribution in [0.15, 0.2) is 6.07 Å². The Morgan fingerprint density at radius 2 is 2.19 bits per heavy atom. The second-order valence-corrected chi connectivity index (χ2v) is 9.17. The van der Waals surface area contributed by atoms with E-state index in [1.54, 1.807) is 11.3 Å². The number of aliphatic hydroxyl groups is 2. The summed E-state index contributed by atoms with van der Waals surface area (Å²) in [6.07, 6.45) is 5.81. The zero-order chi connectivity index (χ0) is 18.9. The third kappa shape index (κ3) is 4.07. The van der Waals surface area contributed by atoms with Gasteiger partial charge in [0.15, 0.2) is 0 Å². The van der Waals surface area contributed by atoms with Gasteiger partial charge in [-0.1, -0.05) is 0 Å². The molecule has 0 bridgehead atoms. The predicted octanol–water partition coefficient (Wildman–Crippen LogP) is 1.64. The van der Waals surface area contributed by atoms with Gasteiger partial charge in [-0.15, -0.1) is 11.3 Å². The van der Waals surface area contributed by atoms with Crippen molar-refractivity contribution in [2.24, 2.45) is 0 Å². The normalized spacial score (nSPS) is 28.1. The number of fused-ring (bicyclic) bond motifs is 2. The molecule has 2 aliphatic heterocycles. The fraction of sp³-hybridized carbons (Fsp3) is 0.750. The molecule has 0 unspecified atom stereocenters. The van der Waals surface area contributed by atoms with Crippen LogP contribution in [-0.4, -0.2) is 66.0 Å². The molecule has 3 heterocycles. The van der Waals surface area contributed by atoms with Gasteiger partial charge in [-0.25, -0.2) is 0 Å². The van der Waals surface area contributed by atoms with E-state index in [1.165, 1.54) is 10.4 Å². The minimum absolute atomic E-state index is 0.0126. The third-order valence-corrected chi connectivity index (χ3v) is 7.62. The molecule has 1 aromatic heterocycles. The number of rotatable bonds is 4. The number of carbonyl (C=O) groups is 1. The summed E-state index contributed by atoms with van der Waals surface area (Å²) in [4.78, 5) is 17.1. The summed E-state index contributed by atoms with van der Waals surface area (Å²) in [5.74, 6) is -0.0126. The first-order chi connectivity index (χ1) is 13.1. The van der Waals surface area contributed by atoms with E-state index in [4.69, 9.17) is 9.84 Å². The van der Waals surface area contributed by atoms with Crippen LogP contribution in [0, 0.1) is 0 Å². The molecule has 2 fully saturated rings. The third-order valence-electron chi connectivity index (χ3n) is 6.26. The Bertz CT molecular complexity index is 669. The first-order valence-corrected chi connectivity index (χ1v) is 11.0. The number of amides is 1. The Labute approximate surface area is 164 Å². The number of likely N-dealkylation sites (tertiary alicyclic amines) is 1. The van der Waals surface area contributed by atoms with Crippen LogP contribution in [0.3, 0.4) is 0 Å². The van der Waals surface area contributed by atoms with Crippen molar-refractivity contribution < 1.29 is 19.7 Å². The Kier molecular flexibility index (Phi) is 5.85. The van der Waals surface area contributed by atoms with Gasteiger partial charge in [0.25, 0.3) is 5.91 Å². The molecule has 1 aliphatic carbocycles. The monoisotopic (exact) mass is 394 g/mol. The van der Waals surface area contributed by atoms with Crippen molar-refractivity contribution in [3.05, 3.63) is 21.4 Å². The van der Waals surface area contributed by atoms with E-state index in [1.807, 2.05) is 0 Å². The van der Waals surface area contributed by atoms with Crippen LogP contribution in [-0.2, 0) is 16.8 Å². The van der Waals surface area contributed by atoms with E-state index in [0.29, 0.717) is 19.6 Å². The average molecular weight is 395 g/mol. The zero-order valence-corrected chi connectivity index (χ0v) is 16.6. The minimum atomic E-state index is -0.290. The number of piperidine rings is 1. The van der Waals surface area contributed by atoms with Crippen LogP contribution in [0.2, 0.25) is 0 Å². The highest BCUT2D eigenvalue weighted by molar-refractivity contribution is 7.14. The van der Waals surface area contributed by atoms with Gasteiger partial charge in [-0.2, -0.15) is 0 Å². The van der Waals surface area contributed by atoms with Gasteiger partial charge in [0.05, 0.1) is 24.2 Å². The Morgan fingerprint density at radius 3 is 2.93 bits per heavy atom. The molecule has 6 nitrogen and oxygen atoms in total. The fourth-order valence-electron chi connectivity index (χ4n) is 4.74. The topological polar surface area (TPSA) is 82.0 Å². The largest absolute Gasteiger partial charge is 0.395 e. The minimum Gasteiger partial charge on any atom is -0.395 e. The van der Waals surface area contributed by atoms with Crippen molar-refractivity contribution in [1.29, 1.82) is 0 Å². The summed E-state index contributed by atoms with van der Waals surface area (Å²) in [5, 5.41) is 22.1. The van der Waals surface area contributed by atoms with Crippen LogP contribution in [0.25, 0.3) is 0 Å². The number of thiophene rings is 1. The van der Waals surface area contributed by atoms with Crippen molar-refractivity contribution in [1.82, 2.24) is 10.2 Å². The maximum atomic E-state index is 12.8. The highest BCUT2D eigenvalue weighted by Gasteiger charge is 2.42. The number of hydrogen-bond acceptors (Lipinski definition) is 6. The molecule has 2 atom stereocenters. The molecule has 27 heavy (non-hydrogen) atoms. The van der Waals surface area contributed by atoms with Crippen molar-refractivity contribution >= 4 is 17.2 Å². The van der Waals surface area contributed by atoms with Gasteiger partial charge in [0.2, 0.25) is 0 Å². The molecule has 0 radical (unpaired) electrons. The first kappa shape index (κ1) is 19.3. The summed E-state index contributed by atoms with van der Waals surface area (Å²) in [5.41, 5.74) is 1.000. The highest BCUT2D eigenvalue weighted by Crippen LogP contribution is 2.45. The van der Waals surface area contributed by atoms with Crippen molar-refractivity contribution in [3.63, 3.8) is 0 Å². The number of hydrogen-bond donors (Lipinski definition) is 3. The van der Waals surface area contributed by atoms with E-state index in [-0.39, 0.29) is 30.3 Å². The molecule has 1 spiro atoms. The number of β-amino-alcohol motifs (C(OH)–C–C–N with tert-alkyl or cyclic N) is 1. The lowest BCUT2D eigenvalue weighted by Gasteiger charge is -2.43. The van der Waals surface area contributed by atoms with Gasteiger partial charge < -0.3 is 25.2 Å². The summed E-state index contributed by atoms with van der Waals surface area (Å²) < 4.78 is 6.27. The number of nitrogens with one attached hydrogen (secondary N) is 1. The molecule has 7 heteroatoms. The molecule has 0 aromatic carbocycles. The van der Waals surface area contributed by atoms with Crippen LogP contribution in [0.1, 0.15) is 58.6 Å². The molecule has 150 valence electrons. The SMILES string of the molecule is O=C(N[C@@H]1CCC[C@@H](O)C1)c1cc2c(s1)C1(CCN(CCO)CC1)OCC2. The van der Waals surface area contributed by atoms with Crippen LogP contribution in [0.4, 0.5) is 0 Å². The van der Waals surface area contributed by atoms with Crippen molar-refractivity contribution in [2.45, 2.75) is 62.7 Å². The smallest absolute Gasteiger partial charge is 0.261 e. The van der Waals surface area contributed by atoms with Crippen LogP contribution < -0.4 is 5.32 Å². The zero-order valence-electron chi connectivity index (χ0n) is 15.8. The summed E-state index contributed by atoms with van der Waals surface area (Å²) in [7, 11) is 0. The molecule has 1 amide bonds. The lowest BCUT2D eigenvalue weighted by atomic mass is 9.85. The molecular weight excluding hydrogens is 364 g/mol. The lowest BCUT2D eigenvalue weighted by molar-refractivity contribution is -0.0959. The Hall–Kier alpha value is -0.990. The van der Waals surface area contributed by atoms with E-state index in [2.05, 4.69) is 16.3 Å². The number of ether oxygens (including phenoxy) is 1. The van der Waals surface area contributed by atoms with Gasteiger partial charge >= 0.3 is 0 Å². The Morgan fingerprint density at radius 1 is 1.37 bits per heavy atom. The number of nitrogens with zero attached hydrogens (tertiary/aromatic N) is 1. The summed E-state index contributed by atoms with van der Waals surface area (Å²) >= 11 is 1.59. The van der Waals surface area contributed by atoms with Gasteiger partial charge in [-0.3, -0.25) is 4.79 Å². The molecule has 1 saturated carbocycles. The molecule has 1 saturated heterocycles. The van der Waals surface area contributed by atoms with Crippen LogP contribution in [0.5, 0.6) is 0 Å². The average Bonchev–Trinajstić information content (AvgIpc) is 3.10. The van der Waals surface area contributed by atoms with E-state index >= 15 is 0 Å². The standard InChI is InChI=1S/C20H30N2O4S/c23-10-9-22-7-5-20(6-8-22)18-14(4-11-26-20)12-17(27-18)19(25)21-15-2-1-3-16(24)13-15/h12,15-16,23-24H,1-11,13H2,(H,21,25)/t15-,16-/m1/s1. The molecule has 4 rings (SSSR count). The quantitative estimate of drug-likeness (QED) is 0.723. The lowest BCUT2D eigenvalue weighted by Crippen LogP contribution is -2.46. The summed E-state index contributed by atoms with van der Waals surface area (Å²) in [6, 6.07) is 2.13. The van der Waals surface area contributed by atoms with Crippen molar-refractivity contribution in [2.75, 3.05) is 32.8 Å². The number of aliphatic hydroxyl groups excluding tert-OH is 2. The fourth-order valence-corrected chi connectivity index (χ4v) is 6.05. The van der Waals surface area contributed by atoms with Crippen LogP contribution >= 0.6 is 11.3 Å². The second kappa shape index (κ2) is 8.17. The van der Waals surface area contributed by atoms with E-state index in [0.717, 1.165) is 56.5 Å². The van der Waals surface area contributed by atoms with Gasteiger partial charge in [-0.05, 0) is 56.6 Å². The Balaban J connectivity index is 1.47. The molecule has 1 aromatic rings. The maximum Gasteiger partial charge on any atom is 0.261 e. The molecular formula is C20H30N2O4S. The van der Waals surface area contributed by atoms with E-state index < -0.39 is 0 Å². The maximum absolute atomic E-state index is 12.8. The van der Waals surface area contributed by atoms with Gasteiger partial charge in [0.1, 0.15) is 5.60 Å². The second-order valence-electron chi connectivity index (χ2n) is 8.11. The molecule has 3 aliphatic rings. The number of carbonyl (C=O) groups excluding carboxylic acids is 1. The highest BCUT2D eigenvalue weighted by atomic mass is 32.1.